The first-order valence-corrected chi connectivity index (χ1v) is 4.96. The zero-order valence-corrected chi connectivity index (χ0v) is 9.27. The topological polar surface area (TPSA) is 59.8 Å². The smallest absolute Gasteiger partial charge is 0.277 e. The van der Waals surface area contributed by atoms with Crippen molar-refractivity contribution >= 4 is 23.2 Å². The number of anilines is 1. The van der Waals surface area contributed by atoms with Gasteiger partial charge in [-0.25, -0.2) is 0 Å². The molecule has 6 heteroatoms. The standard InChI is InChI=1S/C10H9ClN4O/c1-15-12-6-9(14-15)10(16)13-8-4-2-3-7(11)5-8/h2-6H,1H3,(H,13,16). The van der Waals surface area contributed by atoms with Crippen molar-refractivity contribution in [2.24, 2.45) is 7.05 Å². The molecule has 0 bridgehead atoms. The Morgan fingerprint density at radius 1 is 1.50 bits per heavy atom. The van der Waals surface area contributed by atoms with Crippen LogP contribution in [0.4, 0.5) is 5.69 Å². The number of carbonyl (C=O) groups is 1. The first kappa shape index (κ1) is 10.6. The van der Waals surface area contributed by atoms with Crippen molar-refractivity contribution in [3.63, 3.8) is 0 Å². The number of halogens is 1. The maximum absolute atomic E-state index is 11.7. The number of hydrogen-bond acceptors (Lipinski definition) is 3. The normalized spacial score (nSPS) is 10.1. The lowest BCUT2D eigenvalue weighted by molar-refractivity contribution is 0.102. The third kappa shape index (κ3) is 2.38. The largest absolute Gasteiger partial charge is 0.320 e. The Morgan fingerprint density at radius 2 is 2.31 bits per heavy atom. The number of rotatable bonds is 2. The van der Waals surface area contributed by atoms with Crippen LogP contribution in [0.3, 0.4) is 0 Å². The molecule has 2 aromatic rings. The number of hydrogen-bond donors (Lipinski definition) is 1. The van der Waals surface area contributed by atoms with Crippen LogP contribution in [-0.2, 0) is 7.05 Å². The second kappa shape index (κ2) is 4.32. The van der Waals surface area contributed by atoms with Crippen LogP contribution >= 0.6 is 11.6 Å². The highest BCUT2D eigenvalue weighted by Crippen LogP contribution is 2.15. The molecule has 1 amide bonds. The Morgan fingerprint density at radius 3 is 2.94 bits per heavy atom. The Labute approximate surface area is 97.0 Å². The van der Waals surface area contributed by atoms with Crippen molar-refractivity contribution in [1.29, 1.82) is 0 Å². The van der Waals surface area contributed by atoms with Gasteiger partial charge in [0, 0.05) is 17.8 Å². The van der Waals surface area contributed by atoms with Crippen molar-refractivity contribution < 1.29 is 4.79 Å². The maximum atomic E-state index is 11.7. The van der Waals surface area contributed by atoms with Crippen LogP contribution in [0.25, 0.3) is 0 Å². The molecule has 0 aliphatic carbocycles. The summed E-state index contributed by atoms with van der Waals surface area (Å²) >= 11 is 5.80. The number of aryl methyl sites for hydroxylation is 1. The monoisotopic (exact) mass is 236 g/mol. The molecule has 0 saturated heterocycles. The van der Waals surface area contributed by atoms with Gasteiger partial charge in [-0.3, -0.25) is 4.79 Å². The molecule has 1 heterocycles. The van der Waals surface area contributed by atoms with E-state index in [1.807, 2.05) is 0 Å². The van der Waals surface area contributed by atoms with E-state index in [2.05, 4.69) is 15.5 Å². The average molecular weight is 237 g/mol. The SMILES string of the molecule is Cn1ncc(C(=O)Nc2cccc(Cl)c2)n1. The van der Waals surface area contributed by atoms with Gasteiger partial charge in [0.2, 0.25) is 0 Å². The number of carbonyl (C=O) groups excluding carboxylic acids is 1. The van der Waals surface area contributed by atoms with E-state index < -0.39 is 0 Å². The van der Waals surface area contributed by atoms with Gasteiger partial charge in [-0.2, -0.15) is 9.90 Å². The van der Waals surface area contributed by atoms with E-state index in [1.165, 1.54) is 11.0 Å². The zero-order valence-electron chi connectivity index (χ0n) is 8.51. The summed E-state index contributed by atoms with van der Waals surface area (Å²) in [6, 6.07) is 6.91. The molecule has 0 fully saturated rings. The number of nitrogens with one attached hydrogen (secondary N) is 1. The molecule has 1 aromatic heterocycles. The molecule has 0 spiro atoms. The Kier molecular flexibility index (Phi) is 2.87. The van der Waals surface area contributed by atoms with E-state index in [-0.39, 0.29) is 11.6 Å². The summed E-state index contributed by atoms with van der Waals surface area (Å²) < 4.78 is 0. The minimum atomic E-state index is -0.310. The Bertz CT molecular complexity index is 523. The summed E-state index contributed by atoms with van der Waals surface area (Å²) in [5.41, 5.74) is 0.894. The van der Waals surface area contributed by atoms with E-state index in [0.29, 0.717) is 10.7 Å². The summed E-state index contributed by atoms with van der Waals surface area (Å²) in [5.74, 6) is -0.310. The third-order valence-corrected chi connectivity index (χ3v) is 2.15. The van der Waals surface area contributed by atoms with Crippen LogP contribution in [0.5, 0.6) is 0 Å². The fourth-order valence-corrected chi connectivity index (χ4v) is 1.40. The van der Waals surface area contributed by atoms with Crippen LogP contribution < -0.4 is 5.32 Å². The second-order valence-corrected chi connectivity index (χ2v) is 3.62. The molecule has 5 nitrogen and oxygen atoms in total. The molecule has 0 radical (unpaired) electrons. The van der Waals surface area contributed by atoms with Crippen LogP contribution in [0, 0.1) is 0 Å². The van der Waals surface area contributed by atoms with Gasteiger partial charge in [0.25, 0.3) is 5.91 Å². The number of benzene rings is 1. The molecule has 1 aromatic carbocycles. The lowest BCUT2D eigenvalue weighted by Gasteiger charge is -2.02. The molecule has 0 saturated carbocycles. The van der Waals surface area contributed by atoms with Crippen molar-refractivity contribution in [2.45, 2.75) is 0 Å². The summed E-state index contributed by atoms with van der Waals surface area (Å²) in [6.45, 7) is 0. The number of nitrogens with zero attached hydrogens (tertiary/aromatic N) is 3. The van der Waals surface area contributed by atoms with Crippen molar-refractivity contribution in [2.75, 3.05) is 5.32 Å². The molecule has 0 aliphatic heterocycles. The maximum Gasteiger partial charge on any atom is 0.277 e. The lowest BCUT2D eigenvalue weighted by atomic mass is 10.3. The summed E-state index contributed by atoms with van der Waals surface area (Å²) in [6.07, 6.45) is 1.40. The molecule has 82 valence electrons. The molecular formula is C10H9ClN4O. The van der Waals surface area contributed by atoms with E-state index in [1.54, 1.807) is 31.3 Å². The van der Waals surface area contributed by atoms with Crippen LogP contribution in [0.1, 0.15) is 10.5 Å². The van der Waals surface area contributed by atoms with Crippen molar-refractivity contribution in [1.82, 2.24) is 15.0 Å². The van der Waals surface area contributed by atoms with E-state index in [4.69, 9.17) is 11.6 Å². The van der Waals surface area contributed by atoms with Gasteiger partial charge in [0.15, 0.2) is 5.69 Å². The predicted octanol–water partition coefficient (Wildman–Crippen LogP) is 1.72. The molecule has 0 atom stereocenters. The fourth-order valence-electron chi connectivity index (χ4n) is 1.21. The summed E-state index contributed by atoms with van der Waals surface area (Å²) in [5, 5.41) is 10.9. The highest BCUT2D eigenvalue weighted by atomic mass is 35.5. The van der Waals surface area contributed by atoms with Gasteiger partial charge < -0.3 is 5.32 Å². The van der Waals surface area contributed by atoms with Crippen LogP contribution in [-0.4, -0.2) is 20.9 Å². The van der Waals surface area contributed by atoms with Gasteiger partial charge in [0.05, 0.1) is 6.20 Å². The fraction of sp³-hybridized carbons (Fsp3) is 0.100. The highest BCUT2D eigenvalue weighted by Gasteiger charge is 2.09. The zero-order chi connectivity index (χ0) is 11.5. The number of aromatic nitrogens is 3. The van der Waals surface area contributed by atoms with Crippen molar-refractivity contribution in [3.05, 3.63) is 41.2 Å². The van der Waals surface area contributed by atoms with E-state index in [0.717, 1.165) is 0 Å². The van der Waals surface area contributed by atoms with Crippen LogP contribution in [0.2, 0.25) is 5.02 Å². The Hall–Kier alpha value is -1.88. The first-order valence-electron chi connectivity index (χ1n) is 4.58. The number of amides is 1. The Balaban J connectivity index is 2.13. The van der Waals surface area contributed by atoms with Gasteiger partial charge >= 0.3 is 0 Å². The predicted molar refractivity (Wildman–Crippen MR) is 60.4 cm³/mol. The molecular weight excluding hydrogens is 228 g/mol. The molecule has 1 N–H and O–H groups in total. The third-order valence-electron chi connectivity index (χ3n) is 1.91. The average Bonchev–Trinajstić information content (AvgIpc) is 2.65. The van der Waals surface area contributed by atoms with Gasteiger partial charge in [0.1, 0.15) is 0 Å². The van der Waals surface area contributed by atoms with Gasteiger partial charge in [-0.15, -0.1) is 5.10 Å². The molecule has 0 unspecified atom stereocenters. The molecule has 2 rings (SSSR count). The summed E-state index contributed by atoms with van der Waals surface area (Å²) in [4.78, 5) is 13.0. The summed E-state index contributed by atoms with van der Waals surface area (Å²) in [7, 11) is 1.65. The van der Waals surface area contributed by atoms with E-state index >= 15 is 0 Å². The minimum absolute atomic E-state index is 0.266. The first-order chi connectivity index (χ1) is 7.65. The quantitative estimate of drug-likeness (QED) is 0.864. The minimum Gasteiger partial charge on any atom is -0.320 e. The van der Waals surface area contributed by atoms with Gasteiger partial charge in [-0.1, -0.05) is 17.7 Å². The lowest BCUT2D eigenvalue weighted by Crippen LogP contribution is -2.12. The van der Waals surface area contributed by atoms with Crippen molar-refractivity contribution in [3.8, 4) is 0 Å². The second-order valence-electron chi connectivity index (χ2n) is 3.18. The molecule has 0 aliphatic rings. The highest BCUT2D eigenvalue weighted by molar-refractivity contribution is 6.30. The molecule has 16 heavy (non-hydrogen) atoms. The van der Waals surface area contributed by atoms with E-state index in [9.17, 15) is 4.79 Å². The van der Waals surface area contributed by atoms with Crippen LogP contribution in [0.15, 0.2) is 30.5 Å². The van der Waals surface area contributed by atoms with Gasteiger partial charge in [-0.05, 0) is 18.2 Å².